The molecule has 0 amide bonds. The summed E-state index contributed by atoms with van der Waals surface area (Å²) < 4.78 is 15.4. The molecular formula is C23H28FN7OS. The predicted molar refractivity (Wildman–Crippen MR) is 129 cm³/mol. The summed E-state index contributed by atoms with van der Waals surface area (Å²) in [6, 6.07) is 6.24. The van der Waals surface area contributed by atoms with E-state index in [1.165, 1.54) is 12.1 Å². The maximum Gasteiger partial charge on any atom is 0.228 e. The molecule has 174 valence electrons. The summed E-state index contributed by atoms with van der Waals surface area (Å²) >= 11 is 0. The molecule has 2 N–H and O–H groups in total. The number of hydrogen-bond donors (Lipinski definition) is 2. The van der Waals surface area contributed by atoms with Crippen LogP contribution in [-0.4, -0.2) is 60.7 Å². The number of rotatable bonds is 6. The minimum atomic E-state index is -0.271. The highest BCUT2D eigenvalue weighted by atomic mass is 32.2. The van der Waals surface area contributed by atoms with Crippen LogP contribution in [0.3, 0.4) is 0 Å². The van der Waals surface area contributed by atoms with Gasteiger partial charge >= 0.3 is 0 Å². The lowest BCUT2D eigenvalue weighted by atomic mass is 10.1. The average Bonchev–Trinajstić information content (AvgIpc) is 3.41. The lowest BCUT2D eigenvalue weighted by molar-refractivity contribution is 0.249. The Kier molecular flexibility index (Phi) is 5.88. The lowest BCUT2D eigenvalue weighted by Gasteiger charge is -2.29. The van der Waals surface area contributed by atoms with E-state index in [2.05, 4.69) is 44.7 Å². The van der Waals surface area contributed by atoms with Crippen molar-refractivity contribution in [2.45, 2.75) is 44.3 Å². The molecule has 2 aliphatic heterocycles. The van der Waals surface area contributed by atoms with E-state index < -0.39 is 0 Å². The fourth-order valence-corrected chi connectivity index (χ4v) is 5.76. The number of halogens is 1. The lowest BCUT2D eigenvalue weighted by Crippen LogP contribution is -2.36. The Morgan fingerprint density at radius 1 is 1.18 bits per heavy atom. The van der Waals surface area contributed by atoms with E-state index in [1.54, 1.807) is 12.1 Å². The monoisotopic (exact) mass is 469 g/mol. The smallest absolute Gasteiger partial charge is 0.228 e. The van der Waals surface area contributed by atoms with Crippen molar-refractivity contribution in [3.05, 3.63) is 41.6 Å². The van der Waals surface area contributed by atoms with Gasteiger partial charge in [-0.15, -0.1) is 10.2 Å². The number of nitrogens with zero attached hydrogens (tertiary/aromatic N) is 6. The van der Waals surface area contributed by atoms with Gasteiger partial charge in [0.2, 0.25) is 5.95 Å². The first-order valence-corrected chi connectivity index (χ1v) is 12.7. The van der Waals surface area contributed by atoms with Crippen molar-refractivity contribution >= 4 is 28.1 Å². The summed E-state index contributed by atoms with van der Waals surface area (Å²) in [5.41, 5.74) is 1.88. The minimum absolute atomic E-state index is 0.0374. The van der Waals surface area contributed by atoms with Crippen LogP contribution in [0.4, 0.5) is 16.2 Å². The summed E-state index contributed by atoms with van der Waals surface area (Å²) in [6.07, 6.45) is 0.885. The fraction of sp³-hybridized carbons (Fsp3) is 0.435. The fourth-order valence-electron chi connectivity index (χ4n) is 4.26. The molecule has 1 aromatic carbocycles. The summed E-state index contributed by atoms with van der Waals surface area (Å²) in [5.74, 6) is 8.29. The van der Waals surface area contributed by atoms with Crippen molar-refractivity contribution in [2.75, 3.05) is 29.1 Å². The zero-order chi connectivity index (χ0) is 23.1. The largest absolute Gasteiger partial charge is 0.394 e. The molecule has 2 atom stereocenters. The molecule has 3 aromatic rings. The normalized spacial score (nSPS) is 18.3. The Hall–Kier alpha value is -2.85. The van der Waals surface area contributed by atoms with Crippen LogP contribution < -0.4 is 10.2 Å². The number of aromatic nitrogens is 5. The Bertz CT molecular complexity index is 1190. The first kappa shape index (κ1) is 22.0. The summed E-state index contributed by atoms with van der Waals surface area (Å²) in [6.45, 7) is 6.13. The summed E-state index contributed by atoms with van der Waals surface area (Å²) in [7, 11) is -0.151. The molecule has 0 fully saturated rings. The van der Waals surface area contributed by atoms with Crippen molar-refractivity contribution in [1.29, 1.82) is 0 Å². The van der Waals surface area contributed by atoms with Gasteiger partial charge in [0.1, 0.15) is 11.6 Å². The van der Waals surface area contributed by atoms with E-state index in [1.807, 2.05) is 0 Å². The minimum Gasteiger partial charge on any atom is -0.394 e. The number of nitrogens with one attached hydrogen (secondary N) is 1. The zero-order valence-corrected chi connectivity index (χ0v) is 19.6. The molecule has 5 rings (SSSR count). The highest BCUT2D eigenvalue weighted by Crippen LogP contribution is 2.41. The molecule has 10 heteroatoms. The molecule has 0 spiro atoms. The van der Waals surface area contributed by atoms with E-state index in [4.69, 9.17) is 9.97 Å². The number of benzene rings is 1. The highest BCUT2D eigenvalue weighted by molar-refractivity contribution is 8.14. The van der Waals surface area contributed by atoms with Crippen molar-refractivity contribution in [3.8, 4) is 11.4 Å². The Morgan fingerprint density at radius 2 is 1.97 bits per heavy atom. The van der Waals surface area contributed by atoms with Gasteiger partial charge in [-0.1, -0.05) is 19.7 Å². The standard InChI is InChI=1S/C23H28FN7OS/c1-14(2)18(13-32)25-21-20-17(8-11-33(20)3)26-23(27-21)30-9-10-31-19(12-30)28-29-22(31)15-4-6-16(24)7-5-15/h4-7,14,18,32H,3,8-13H2,1-2H3,(H,25,26,27)/t18-,33?/m0/s1. The molecule has 0 bridgehead atoms. The van der Waals surface area contributed by atoms with Crippen molar-refractivity contribution in [1.82, 2.24) is 24.7 Å². The van der Waals surface area contributed by atoms with Gasteiger partial charge in [-0.25, -0.2) is 9.37 Å². The molecule has 2 aromatic heterocycles. The molecule has 8 nitrogen and oxygen atoms in total. The van der Waals surface area contributed by atoms with Crippen molar-refractivity contribution in [3.63, 3.8) is 0 Å². The topological polar surface area (TPSA) is 92.0 Å². The number of aryl methyl sites for hydroxylation is 1. The van der Waals surface area contributed by atoms with Gasteiger partial charge in [0, 0.05) is 18.7 Å². The Labute approximate surface area is 194 Å². The maximum absolute atomic E-state index is 13.3. The second-order valence-corrected chi connectivity index (χ2v) is 10.6. The molecule has 0 aliphatic carbocycles. The van der Waals surface area contributed by atoms with Crippen molar-refractivity contribution < 1.29 is 9.50 Å². The number of aliphatic hydroxyl groups excluding tert-OH is 1. The van der Waals surface area contributed by atoms with Crippen LogP contribution in [0.25, 0.3) is 11.4 Å². The van der Waals surface area contributed by atoms with Gasteiger partial charge in [-0.3, -0.25) is 0 Å². The van der Waals surface area contributed by atoms with Gasteiger partial charge in [-0.05, 0) is 42.4 Å². The van der Waals surface area contributed by atoms with Crippen LogP contribution in [0.15, 0.2) is 29.2 Å². The molecular weight excluding hydrogens is 441 g/mol. The molecule has 2 aliphatic rings. The number of fused-ring (bicyclic) bond motifs is 2. The second kappa shape index (κ2) is 8.83. The summed E-state index contributed by atoms with van der Waals surface area (Å²) in [5, 5.41) is 22.1. The van der Waals surface area contributed by atoms with Crippen LogP contribution in [0.2, 0.25) is 0 Å². The van der Waals surface area contributed by atoms with Gasteiger partial charge in [0.05, 0.1) is 29.8 Å². The van der Waals surface area contributed by atoms with E-state index >= 15 is 0 Å². The highest BCUT2D eigenvalue weighted by Gasteiger charge is 2.28. The van der Waals surface area contributed by atoms with Crippen LogP contribution >= 0.6 is 10.5 Å². The SMILES string of the molecule is C=S1CCc2nc(N3CCn4c(nnc4-c4ccc(F)cc4)C3)nc(N[C@@H](CO)C(C)C)c21. The molecule has 0 saturated heterocycles. The number of aliphatic hydroxyl groups is 1. The molecule has 0 radical (unpaired) electrons. The van der Waals surface area contributed by atoms with E-state index in [0.717, 1.165) is 45.8 Å². The van der Waals surface area contributed by atoms with Gasteiger partial charge in [0.15, 0.2) is 11.6 Å². The molecule has 33 heavy (non-hydrogen) atoms. The van der Waals surface area contributed by atoms with Crippen LogP contribution in [0.5, 0.6) is 0 Å². The number of anilines is 2. The third kappa shape index (κ3) is 4.13. The molecule has 4 heterocycles. The third-order valence-electron chi connectivity index (χ3n) is 6.26. The van der Waals surface area contributed by atoms with Gasteiger partial charge in [0.25, 0.3) is 0 Å². The molecule has 1 unspecified atom stereocenters. The van der Waals surface area contributed by atoms with Gasteiger partial charge < -0.3 is 19.9 Å². The van der Waals surface area contributed by atoms with E-state index in [0.29, 0.717) is 25.6 Å². The van der Waals surface area contributed by atoms with Crippen LogP contribution in [0, 0.1) is 11.7 Å². The quantitative estimate of drug-likeness (QED) is 0.536. The first-order chi connectivity index (χ1) is 15.9. The summed E-state index contributed by atoms with van der Waals surface area (Å²) in [4.78, 5) is 13.0. The third-order valence-corrected chi connectivity index (χ3v) is 7.96. The Morgan fingerprint density at radius 3 is 2.70 bits per heavy atom. The van der Waals surface area contributed by atoms with E-state index in [9.17, 15) is 9.50 Å². The predicted octanol–water partition coefficient (Wildman–Crippen LogP) is 2.94. The van der Waals surface area contributed by atoms with Gasteiger partial charge in [-0.2, -0.15) is 15.5 Å². The van der Waals surface area contributed by atoms with Crippen molar-refractivity contribution in [2.24, 2.45) is 5.92 Å². The Balaban J connectivity index is 1.45. The second-order valence-electron chi connectivity index (χ2n) is 8.79. The maximum atomic E-state index is 13.3. The van der Waals surface area contributed by atoms with Crippen LogP contribution in [0.1, 0.15) is 25.4 Å². The molecule has 0 saturated carbocycles. The average molecular weight is 470 g/mol. The van der Waals surface area contributed by atoms with Crippen LogP contribution in [-0.2, 0) is 19.5 Å². The zero-order valence-electron chi connectivity index (χ0n) is 18.8. The van der Waals surface area contributed by atoms with E-state index in [-0.39, 0.29) is 34.9 Å². The number of hydrogen-bond acceptors (Lipinski definition) is 7. The first-order valence-electron chi connectivity index (χ1n) is 11.2.